The molecule has 1 aromatic rings. The van der Waals surface area contributed by atoms with Gasteiger partial charge in [0.2, 0.25) is 0 Å². The lowest BCUT2D eigenvalue weighted by Crippen LogP contribution is -2.09. The average molecular weight is 157 g/mol. The normalized spacial score (nSPS) is 9.36. The smallest absolute Gasteiger partial charge is 0.183 e. The topological polar surface area (TPSA) is 60.2 Å². The highest BCUT2D eigenvalue weighted by atomic mass is 19.1. The number of ether oxygens (including phenoxy) is 1. The zero-order valence-electron chi connectivity index (χ0n) is 5.97. The van der Waals surface area contributed by atoms with Crippen LogP contribution in [0, 0.1) is 5.82 Å². The SMILES string of the molecule is COc1cc(F)cnc1NN. The van der Waals surface area contributed by atoms with Crippen LogP contribution in [0.4, 0.5) is 10.2 Å². The number of halogens is 1. The minimum atomic E-state index is -0.458. The Morgan fingerprint density at radius 2 is 2.45 bits per heavy atom. The number of pyridine rings is 1. The van der Waals surface area contributed by atoms with Gasteiger partial charge in [-0.15, -0.1) is 0 Å². The predicted octanol–water partition coefficient (Wildman–Crippen LogP) is 0.515. The molecule has 0 atom stereocenters. The van der Waals surface area contributed by atoms with Crippen molar-refractivity contribution >= 4 is 5.82 Å². The molecule has 1 heterocycles. The Balaban J connectivity index is 3.06. The third kappa shape index (κ3) is 1.56. The number of hydrogen-bond acceptors (Lipinski definition) is 4. The van der Waals surface area contributed by atoms with Gasteiger partial charge >= 0.3 is 0 Å². The minimum absolute atomic E-state index is 0.285. The molecule has 3 N–H and O–H groups in total. The van der Waals surface area contributed by atoms with Crippen LogP contribution in [0.1, 0.15) is 0 Å². The van der Waals surface area contributed by atoms with Gasteiger partial charge in [-0.05, 0) is 0 Å². The molecule has 0 aromatic carbocycles. The summed E-state index contributed by atoms with van der Waals surface area (Å²) >= 11 is 0. The summed E-state index contributed by atoms with van der Waals surface area (Å²) in [5, 5.41) is 0. The zero-order chi connectivity index (χ0) is 8.27. The van der Waals surface area contributed by atoms with Gasteiger partial charge in [-0.3, -0.25) is 0 Å². The summed E-state index contributed by atoms with van der Waals surface area (Å²) in [5.74, 6) is 5.20. The molecule has 0 unspecified atom stereocenters. The van der Waals surface area contributed by atoms with Crippen LogP contribution < -0.4 is 16.0 Å². The lowest BCUT2D eigenvalue weighted by Gasteiger charge is -2.04. The minimum Gasteiger partial charge on any atom is -0.493 e. The van der Waals surface area contributed by atoms with E-state index in [0.29, 0.717) is 5.82 Å². The number of nitrogens with zero attached hydrogens (tertiary/aromatic N) is 1. The van der Waals surface area contributed by atoms with E-state index >= 15 is 0 Å². The second-order valence-corrected chi connectivity index (χ2v) is 1.85. The molecule has 0 aliphatic carbocycles. The molecule has 5 heteroatoms. The van der Waals surface area contributed by atoms with Gasteiger partial charge in [0.15, 0.2) is 11.6 Å². The van der Waals surface area contributed by atoms with Gasteiger partial charge in [0.1, 0.15) is 5.82 Å². The first-order valence-electron chi connectivity index (χ1n) is 2.94. The summed E-state index contributed by atoms with van der Waals surface area (Å²) in [4.78, 5) is 3.63. The molecule has 0 radical (unpaired) electrons. The van der Waals surface area contributed by atoms with Gasteiger partial charge in [-0.25, -0.2) is 15.2 Å². The molecule has 60 valence electrons. The van der Waals surface area contributed by atoms with Gasteiger partial charge < -0.3 is 10.2 Å². The highest BCUT2D eigenvalue weighted by molar-refractivity contribution is 5.48. The fourth-order valence-corrected chi connectivity index (χ4v) is 0.685. The number of methoxy groups -OCH3 is 1. The van der Waals surface area contributed by atoms with E-state index in [0.717, 1.165) is 6.20 Å². The third-order valence-corrected chi connectivity index (χ3v) is 1.18. The van der Waals surface area contributed by atoms with E-state index in [1.165, 1.54) is 13.2 Å². The number of nitrogens with two attached hydrogens (primary N) is 1. The number of rotatable bonds is 2. The summed E-state index contributed by atoms with van der Waals surface area (Å²) in [5.41, 5.74) is 2.27. The summed E-state index contributed by atoms with van der Waals surface area (Å²) in [6.45, 7) is 0. The molecule has 0 fully saturated rings. The molecule has 0 aliphatic heterocycles. The van der Waals surface area contributed by atoms with Crippen molar-refractivity contribution in [1.29, 1.82) is 0 Å². The maximum absolute atomic E-state index is 12.5. The summed E-state index contributed by atoms with van der Waals surface area (Å²) in [6.07, 6.45) is 1.05. The second kappa shape index (κ2) is 3.16. The largest absolute Gasteiger partial charge is 0.493 e. The third-order valence-electron chi connectivity index (χ3n) is 1.18. The Labute approximate surface area is 63.2 Å². The van der Waals surface area contributed by atoms with Crippen LogP contribution in [0.3, 0.4) is 0 Å². The molecule has 0 spiro atoms. The Hall–Kier alpha value is -1.36. The van der Waals surface area contributed by atoms with Crippen LogP contribution in [0.5, 0.6) is 5.75 Å². The molecule has 0 bridgehead atoms. The lowest BCUT2D eigenvalue weighted by molar-refractivity contribution is 0.411. The van der Waals surface area contributed by atoms with E-state index in [9.17, 15) is 4.39 Å². The monoisotopic (exact) mass is 157 g/mol. The molecular weight excluding hydrogens is 149 g/mol. The Morgan fingerprint density at radius 1 is 1.73 bits per heavy atom. The molecule has 1 aromatic heterocycles. The maximum atomic E-state index is 12.5. The van der Waals surface area contributed by atoms with Crippen molar-refractivity contribution in [2.75, 3.05) is 12.5 Å². The molecule has 0 aliphatic rings. The number of hydrazine groups is 1. The Morgan fingerprint density at radius 3 is 3.00 bits per heavy atom. The predicted molar refractivity (Wildman–Crippen MR) is 38.6 cm³/mol. The lowest BCUT2D eigenvalue weighted by atomic mass is 10.4. The van der Waals surface area contributed by atoms with Gasteiger partial charge in [-0.1, -0.05) is 0 Å². The van der Waals surface area contributed by atoms with Crippen molar-refractivity contribution in [3.05, 3.63) is 18.1 Å². The van der Waals surface area contributed by atoms with Crippen LogP contribution in [0.25, 0.3) is 0 Å². The standard InChI is InChI=1S/C6H8FN3O/c1-11-5-2-4(7)3-9-6(5)10-8/h2-3H,8H2,1H3,(H,9,10). The molecule has 0 saturated carbocycles. The summed E-state index contributed by atoms with van der Waals surface area (Å²) < 4.78 is 17.2. The van der Waals surface area contributed by atoms with Crippen LogP contribution in [0.2, 0.25) is 0 Å². The first-order valence-corrected chi connectivity index (χ1v) is 2.94. The molecule has 0 saturated heterocycles. The Kier molecular flexibility index (Phi) is 2.22. The van der Waals surface area contributed by atoms with Gasteiger partial charge in [0.05, 0.1) is 13.3 Å². The van der Waals surface area contributed by atoms with E-state index in [-0.39, 0.29) is 5.75 Å². The first kappa shape index (κ1) is 7.74. The molecular formula is C6H8FN3O. The van der Waals surface area contributed by atoms with Crippen molar-refractivity contribution in [2.45, 2.75) is 0 Å². The maximum Gasteiger partial charge on any atom is 0.183 e. The fraction of sp³-hybridized carbons (Fsp3) is 0.167. The van der Waals surface area contributed by atoms with Crippen molar-refractivity contribution in [3.63, 3.8) is 0 Å². The zero-order valence-corrected chi connectivity index (χ0v) is 5.97. The van der Waals surface area contributed by atoms with Crippen LogP contribution >= 0.6 is 0 Å². The molecule has 1 rings (SSSR count). The molecule has 4 nitrogen and oxygen atoms in total. The quantitative estimate of drug-likeness (QED) is 0.485. The van der Waals surface area contributed by atoms with Crippen LogP contribution in [0.15, 0.2) is 12.3 Å². The van der Waals surface area contributed by atoms with Gasteiger partial charge in [0, 0.05) is 6.07 Å². The van der Waals surface area contributed by atoms with E-state index in [1.54, 1.807) is 0 Å². The fourth-order valence-electron chi connectivity index (χ4n) is 0.685. The summed E-state index contributed by atoms with van der Waals surface area (Å²) in [6, 6.07) is 1.20. The molecule has 11 heavy (non-hydrogen) atoms. The first-order chi connectivity index (χ1) is 5.27. The average Bonchev–Trinajstić information content (AvgIpc) is 2.04. The highest BCUT2D eigenvalue weighted by Gasteiger charge is 2.02. The van der Waals surface area contributed by atoms with E-state index in [2.05, 4.69) is 10.4 Å². The number of nitrogen functional groups attached to an aromatic ring is 1. The Bertz CT molecular complexity index is 254. The second-order valence-electron chi connectivity index (χ2n) is 1.85. The van der Waals surface area contributed by atoms with Gasteiger partial charge in [-0.2, -0.15) is 0 Å². The summed E-state index contributed by atoms with van der Waals surface area (Å²) in [7, 11) is 1.41. The van der Waals surface area contributed by atoms with Gasteiger partial charge in [0.25, 0.3) is 0 Å². The van der Waals surface area contributed by atoms with Crippen LogP contribution in [-0.4, -0.2) is 12.1 Å². The number of hydrogen-bond donors (Lipinski definition) is 2. The van der Waals surface area contributed by atoms with Crippen molar-refractivity contribution in [2.24, 2.45) is 5.84 Å². The van der Waals surface area contributed by atoms with Crippen LogP contribution in [-0.2, 0) is 0 Å². The van der Waals surface area contributed by atoms with E-state index in [1.807, 2.05) is 0 Å². The van der Waals surface area contributed by atoms with Crippen molar-refractivity contribution in [3.8, 4) is 5.75 Å². The van der Waals surface area contributed by atoms with E-state index < -0.39 is 5.82 Å². The number of nitrogens with one attached hydrogen (secondary N) is 1. The van der Waals surface area contributed by atoms with Crippen molar-refractivity contribution in [1.82, 2.24) is 4.98 Å². The number of anilines is 1. The van der Waals surface area contributed by atoms with E-state index in [4.69, 9.17) is 10.6 Å². The highest BCUT2D eigenvalue weighted by Crippen LogP contribution is 2.20. The number of aromatic nitrogens is 1. The van der Waals surface area contributed by atoms with Crippen molar-refractivity contribution < 1.29 is 9.13 Å². The molecule has 0 amide bonds.